The number of ether oxygens (including phenoxy) is 1. The van der Waals surface area contributed by atoms with Gasteiger partial charge in [0.25, 0.3) is 0 Å². The van der Waals surface area contributed by atoms with Crippen LogP contribution in [-0.4, -0.2) is 42.8 Å². The van der Waals surface area contributed by atoms with Crippen molar-refractivity contribution in [3.05, 3.63) is 59.8 Å². The molecular formula is C21H21N5O2S. The molecule has 0 saturated carbocycles. The number of aryl methyl sites for hydroxylation is 1. The van der Waals surface area contributed by atoms with E-state index < -0.39 is 0 Å². The lowest BCUT2D eigenvalue weighted by molar-refractivity contribution is 0.0995. The van der Waals surface area contributed by atoms with Crippen LogP contribution in [0.2, 0.25) is 0 Å². The van der Waals surface area contributed by atoms with Crippen LogP contribution in [0.5, 0.6) is 5.75 Å². The highest BCUT2D eigenvalue weighted by Crippen LogP contribution is 2.31. The summed E-state index contributed by atoms with van der Waals surface area (Å²) >= 11 is 1.33. The summed E-state index contributed by atoms with van der Waals surface area (Å²) in [6.07, 6.45) is 0. The molecule has 2 aromatic carbocycles. The first-order valence-electron chi connectivity index (χ1n) is 9.39. The van der Waals surface area contributed by atoms with Crippen LogP contribution < -0.4 is 4.74 Å². The van der Waals surface area contributed by atoms with Gasteiger partial charge >= 0.3 is 0 Å². The molecule has 0 aliphatic carbocycles. The highest BCUT2D eigenvalue weighted by Gasteiger charge is 2.25. The van der Waals surface area contributed by atoms with E-state index in [1.54, 1.807) is 4.68 Å². The van der Waals surface area contributed by atoms with Gasteiger partial charge in [0.15, 0.2) is 5.78 Å². The summed E-state index contributed by atoms with van der Waals surface area (Å²) in [6, 6.07) is 15.4. The molecule has 0 aliphatic rings. The van der Waals surface area contributed by atoms with Gasteiger partial charge in [0.2, 0.25) is 5.16 Å². The molecule has 0 fully saturated rings. The second kappa shape index (κ2) is 8.08. The topological polar surface area (TPSA) is 85.7 Å². The maximum absolute atomic E-state index is 13.2. The average Bonchev–Trinajstić information content (AvgIpc) is 3.31. The molecule has 7 nitrogen and oxygen atoms in total. The summed E-state index contributed by atoms with van der Waals surface area (Å²) < 4.78 is 7.31. The van der Waals surface area contributed by atoms with Gasteiger partial charge in [-0.15, -0.1) is 5.10 Å². The van der Waals surface area contributed by atoms with Crippen molar-refractivity contribution in [3.63, 3.8) is 0 Å². The number of nitrogens with one attached hydrogen (secondary N) is 1. The minimum absolute atomic E-state index is 0.0394. The molecule has 0 radical (unpaired) electrons. The van der Waals surface area contributed by atoms with E-state index in [4.69, 9.17) is 4.74 Å². The van der Waals surface area contributed by atoms with Gasteiger partial charge in [-0.05, 0) is 49.4 Å². The van der Waals surface area contributed by atoms with Crippen molar-refractivity contribution in [1.29, 1.82) is 0 Å². The Morgan fingerprint density at radius 2 is 1.97 bits per heavy atom. The lowest BCUT2D eigenvalue weighted by Gasteiger charge is -2.13. The smallest absolute Gasteiger partial charge is 0.214 e. The van der Waals surface area contributed by atoms with Crippen LogP contribution in [0.15, 0.2) is 53.7 Å². The molecule has 29 heavy (non-hydrogen) atoms. The first-order valence-corrected chi connectivity index (χ1v) is 10.3. The van der Waals surface area contributed by atoms with Crippen LogP contribution in [-0.2, 0) is 0 Å². The Kier molecular flexibility index (Phi) is 5.35. The van der Waals surface area contributed by atoms with E-state index in [9.17, 15) is 4.79 Å². The molecule has 4 rings (SSSR count). The van der Waals surface area contributed by atoms with E-state index in [-0.39, 0.29) is 11.0 Å². The molecule has 0 spiro atoms. The molecule has 0 aliphatic heterocycles. The number of benzene rings is 2. The molecular weight excluding hydrogens is 386 g/mol. The number of H-pyrrole nitrogens is 1. The number of fused-ring (bicyclic) bond motifs is 1. The van der Waals surface area contributed by atoms with Gasteiger partial charge in [0, 0.05) is 22.2 Å². The number of tetrazole rings is 1. The second-order valence-corrected chi connectivity index (χ2v) is 7.88. The quantitative estimate of drug-likeness (QED) is 0.365. The molecule has 0 bridgehead atoms. The van der Waals surface area contributed by atoms with E-state index in [1.165, 1.54) is 11.8 Å². The zero-order chi connectivity index (χ0) is 20.4. The number of aromatic nitrogens is 5. The molecule has 148 valence electrons. The van der Waals surface area contributed by atoms with E-state index in [2.05, 4.69) is 20.5 Å². The summed E-state index contributed by atoms with van der Waals surface area (Å²) in [5.41, 5.74) is 3.28. The maximum atomic E-state index is 13.2. The largest absolute Gasteiger partial charge is 0.492 e. The molecule has 1 unspecified atom stereocenters. The van der Waals surface area contributed by atoms with Crippen molar-refractivity contribution >= 4 is 28.4 Å². The van der Waals surface area contributed by atoms with Gasteiger partial charge in [-0.2, -0.15) is 4.68 Å². The van der Waals surface area contributed by atoms with Crippen molar-refractivity contribution in [1.82, 2.24) is 25.2 Å². The number of para-hydroxylation sites is 3. The predicted molar refractivity (Wildman–Crippen MR) is 113 cm³/mol. The minimum Gasteiger partial charge on any atom is -0.492 e. The lowest BCUT2D eigenvalue weighted by Crippen LogP contribution is -2.15. The van der Waals surface area contributed by atoms with Crippen LogP contribution in [0.1, 0.15) is 29.9 Å². The molecule has 2 aromatic heterocycles. The summed E-state index contributed by atoms with van der Waals surface area (Å²) in [5.74, 6) is 0.730. The van der Waals surface area contributed by atoms with Gasteiger partial charge in [-0.3, -0.25) is 4.79 Å². The average molecular weight is 407 g/mol. The SMILES string of the molecule is CCOc1ccccc1-n1nnnc1SC(C)C(=O)c1c(C)[nH]c2ccccc12. The number of nitrogens with zero attached hydrogens (tertiary/aromatic N) is 4. The second-order valence-electron chi connectivity index (χ2n) is 6.57. The van der Waals surface area contributed by atoms with E-state index >= 15 is 0 Å². The Hall–Kier alpha value is -3.13. The van der Waals surface area contributed by atoms with Gasteiger partial charge in [-0.25, -0.2) is 0 Å². The van der Waals surface area contributed by atoms with Gasteiger partial charge < -0.3 is 9.72 Å². The zero-order valence-corrected chi connectivity index (χ0v) is 17.2. The van der Waals surface area contributed by atoms with Gasteiger partial charge in [-0.1, -0.05) is 42.1 Å². The van der Waals surface area contributed by atoms with Gasteiger partial charge in [0.1, 0.15) is 11.4 Å². The van der Waals surface area contributed by atoms with Gasteiger partial charge in [0.05, 0.1) is 11.9 Å². The molecule has 2 heterocycles. The number of hydrogen-bond acceptors (Lipinski definition) is 6. The standard InChI is InChI=1S/C21H21N5O2S/c1-4-28-18-12-8-7-11-17(18)26-21(23-24-25-26)29-14(3)20(27)19-13(2)22-16-10-6-5-9-15(16)19/h5-12,14,22H,4H2,1-3H3. The Labute approximate surface area is 172 Å². The van der Waals surface area contributed by atoms with Crippen LogP contribution in [0.3, 0.4) is 0 Å². The number of aromatic amines is 1. The Morgan fingerprint density at radius 1 is 1.21 bits per heavy atom. The Morgan fingerprint density at radius 3 is 2.79 bits per heavy atom. The van der Waals surface area contributed by atoms with Crippen molar-refractivity contribution in [2.75, 3.05) is 6.61 Å². The molecule has 1 N–H and O–H groups in total. The number of ketones is 1. The number of carbonyl (C=O) groups excluding carboxylic acids is 1. The third kappa shape index (κ3) is 3.63. The highest BCUT2D eigenvalue weighted by molar-refractivity contribution is 8.00. The number of carbonyl (C=O) groups is 1. The first-order chi connectivity index (χ1) is 14.1. The van der Waals surface area contributed by atoms with Crippen LogP contribution in [0.25, 0.3) is 16.6 Å². The number of Topliss-reactive ketones (excluding diaryl/α,β-unsaturated/α-hetero) is 1. The summed E-state index contributed by atoms with van der Waals surface area (Å²) in [6.45, 7) is 6.27. The van der Waals surface area contributed by atoms with E-state index in [1.807, 2.05) is 69.3 Å². The molecule has 8 heteroatoms. The summed E-state index contributed by atoms with van der Waals surface area (Å²) in [7, 11) is 0. The van der Waals surface area contributed by atoms with Crippen LogP contribution in [0.4, 0.5) is 0 Å². The van der Waals surface area contributed by atoms with Crippen LogP contribution in [0, 0.1) is 6.92 Å². The fourth-order valence-electron chi connectivity index (χ4n) is 3.32. The predicted octanol–water partition coefficient (Wildman–Crippen LogP) is 4.21. The third-order valence-electron chi connectivity index (χ3n) is 4.63. The monoisotopic (exact) mass is 407 g/mol. The first kappa shape index (κ1) is 19.2. The number of rotatable bonds is 7. The number of hydrogen-bond donors (Lipinski definition) is 1. The molecule has 0 amide bonds. The summed E-state index contributed by atoms with van der Waals surface area (Å²) in [4.78, 5) is 16.5. The highest BCUT2D eigenvalue weighted by atomic mass is 32.2. The van der Waals surface area contributed by atoms with E-state index in [0.29, 0.717) is 23.1 Å². The third-order valence-corrected chi connectivity index (χ3v) is 5.66. The van der Waals surface area contributed by atoms with E-state index in [0.717, 1.165) is 22.3 Å². The summed E-state index contributed by atoms with van der Waals surface area (Å²) in [5, 5.41) is 13.2. The molecule has 1 atom stereocenters. The normalized spacial score (nSPS) is 12.2. The maximum Gasteiger partial charge on any atom is 0.214 e. The van der Waals surface area contributed by atoms with Crippen molar-refractivity contribution < 1.29 is 9.53 Å². The Balaban J connectivity index is 1.63. The minimum atomic E-state index is -0.364. The zero-order valence-electron chi connectivity index (χ0n) is 16.4. The Bertz CT molecular complexity index is 1170. The van der Waals surface area contributed by atoms with Crippen molar-refractivity contribution in [2.45, 2.75) is 31.2 Å². The van der Waals surface area contributed by atoms with Crippen molar-refractivity contribution in [3.8, 4) is 11.4 Å². The fraction of sp³-hybridized carbons (Fsp3) is 0.238. The van der Waals surface area contributed by atoms with Crippen molar-refractivity contribution in [2.24, 2.45) is 0 Å². The molecule has 4 aromatic rings. The lowest BCUT2D eigenvalue weighted by atomic mass is 10.1. The fourth-order valence-corrected chi connectivity index (χ4v) is 4.18. The molecule has 0 saturated heterocycles. The van der Waals surface area contributed by atoms with Crippen LogP contribution >= 0.6 is 11.8 Å². The number of thioether (sulfide) groups is 1.